The lowest BCUT2D eigenvalue weighted by atomic mass is 10.0. The molecule has 1 amide bonds. The number of nitrogens with zero attached hydrogens (tertiary/aromatic N) is 4. The highest BCUT2D eigenvalue weighted by molar-refractivity contribution is 5.92. The van der Waals surface area contributed by atoms with E-state index in [1.807, 2.05) is 36.4 Å². The summed E-state index contributed by atoms with van der Waals surface area (Å²) < 4.78 is 12.2. The van der Waals surface area contributed by atoms with Crippen LogP contribution >= 0.6 is 0 Å². The Kier molecular flexibility index (Phi) is 3.58. The number of oxazole rings is 1. The molecule has 0 unspecified atom stereocenters. The smallest absolute Gasteiger partial charge is 0.330 e. The number of nitrogens with two attached hydrogens (primary N) is 1. The monoisotopic (exact) mass is 363 g/mol. The van der Waals surface area contributed by atoms with E-state index in [0.29, 0.717) is 37.4 Å². The Morgan fingerprint density at radius 2 is 1.81 bits per heavy atom. The van der Waals surface area contributed by atoms with E-state index in [9.17, 15) is 4.79 Å². The van der Waals surface area contributed by atoms with Crippen molar-refractivity contribution in [3.05, 3.63) is 42.7 Å². The molecule has 3 heterocycles. The van der Waals surface area contributed by atoms with Crippen LogP contribution in [0.15, 0.2) is 47.1 Å². The van der Waals surface area contributed by atoms with Gasteiger partial charge in [-0.1, -0.05) is 12.1 Å². The van der Waals surface area contributed by atoms with Crippen LogP contribution in [-0.2, 0) is 4.74 Å². The summed E-state index contributed by atoms with van der Waals surface area (Å²) in [6.45, 7) is 2.29. The van der Waals surface area contributed by atoms with Crippen LogP contribution in [0.2, 0.25) is 0 Å². The van der Waals surface area contributed by atoms with Crippen molar-refractivity contribution in [1.82, 2.24) is 19.4 Å². The predicted molar refractivity (Wildman–Crippen MR) is 100 cm³/mol. The molecule has 1 aliphatic heterocycles. The van der Waals surface area contributed by atoms with Crippen molar-refractivity contribution < 1.29 is 13.9 Å². The van der Waals surface area contributed by atoms with Gasteiger partial charge in [0.1, 0.15) is 11.8 Å². The molecule has 2 N–H and O–H groups in total. The second-order valence-corrected chi connectivity index (χ2v) is 6.43. The lowest BCUT2D eigenvalue weighted by Crippen LogP contribution is -2.42. The zero-order chi connectivity index (χ0) is 18.4. The first-order valence-electron chi connectivity index (χ1n) is 8.69. The Bertz CT molecular complexity index is 1160. The standard InChI is InChI=1S/C19H17N5O3/c20-18-22-15-9-12(2-4-17(15)27-18)13-1-3-14-16(10-13)24(11-21-14)19(25)23-5-7-26-8-6-23/h1-4,9-11H,5-8H2,(H2,20,22). The number of amides is 1. The minimum atomic E-state index is -0.0855. The van der Waals surface area contributed by atoms with Gasteiger partial charge >= 0.3 is 6.03 Å². The molecule has 136 valence electrons. The Hall–Kier alpha value is -3.39. The number of hydrogen-bond donors (Lipinski definition) is 1. The summed E-state index contributed by atoms with van der Waals surface area (Å²) in [4.78, 5) is 23.2. The molecule has 8 nitrogen and oxygen atoms in total. The molecule has 2 aromatic heterocycles. The fourth-order valence-corrected chi connectivity index (χ4v) is 3.37. The van der Waals surface area contributed by atoms with E-state index in [1.165, 1.54) is 0 Å². The van der Waals surface area contributed by atoms with Crippen LogP contribution in [0.5, 0.6) is 0 Å². The number of nitrogen functional groups attached to an aromatic ring is 1. The summed E-state index contributed by atoms with van der Waals surface area (Å²) >= 11 is 0. The van der Waals surface area contributed by atoms with Gasteiger partial charge in [-0.25, -0.2) is 9.78 Å². The molecule has 0 radical (unpaired) electrons. The van der Waals surface area contributed by atoms with Crippen molar-refractivity contribution >= 4 is 34.2 Å². The van der Waals surface area contributed by atoms with Crippen LogP contribution in [-0.4, -0.2) is 51.8 Å². The molecular formula is C19H17N5O3. The summed E-state index contributed by atoms with van der Waals surface area (Å²) in [5, 5.41) is 0. The Morgan fingerprint density at radius 1 is 1.04 bits per heavy atom. The Labute approximate surface area is 154 Å². The minimum absolute atomic E-state index is 0.0855. The predicted octanol–water partition coefficient (Wildman–Crippen LogP) is 2.73. The maximum absolute atomic E-state index is 12.9. The van der Waals surface area contributed by atoms with Crippen LogP contribution in [0.1, 0.15) is 0 Å². The molecule has 0 atom stereocenters. The molecule has 5 rings (SSSR count). The van der Waals surface area contributed by atoms with E-state index in [1.54, 1.807) is 15.8 Å². The van der Waals surface area contributed by atoms with Crippen LogP contribution in [0, 0.1) is 0 Å². The van der Waals surface area contributed by atoms with Gasteiger partial charge in [0.05, 0.1) is 24.2 Å². The van der Waals surface area contributed by atoms with Crippen molar-refractivity contribution in [1.29, 1.82) is 0 Å². The van der Waals surface area contributed by atoms with Crippen LogP contribution in [0.4, 0.5) is 10.8 Å². The molecule has 4 aromatic rings. The summed E-state index contributed by atoms with van der Waals surface area (Å²) in [6.07, 6.45) is 1.58. The Balaban J connectivity index is 1.56. The molecule has 1 saturated heterocycles. The molecule has 0 spiro atoms. The molecule has 1 aliphatic rings. The molecule has 27 heavy (non-hydrogen) atoms. The van der Waals surface area contributed by atoms with Crippen LogP contribution in [0.3, 0.4) is 0 Å². The number of morpholine rings is 1. The van der Waals surface area contributed by atoms with E-state index < -0.39 is 0 Å². The first-order valence-corrected chi connectivity index (χ1v) is 8.69. The van der Waals surface area contributed by atoms with Crippen molar-refractivity contribution in [3.8, 4) is 11.1 Å². The van der Waals surface area contributed by atoms with Gasteiger partial charge in [-0.3, -0.25) is 4.57 Å². The Morgan fingerprint density at radius 3 is 2.67 bits per heavy atom. The van der Waals surface area contributed by atoms with Gasteiger partial charge < -0.3 is 19.8 Å². The maximum Gasteiger partial charge on any atom is 0.330 e. The van der Waals surface area contributed by atoms with Gasteiger partial charge in [0.25, 0.3) is 6.01 Å². The average Bonchev–Trinajstić information content (AvgIpc) is 3.29. The molecule has 8 heteroatoms. The number of ether oxygens (including phenoxy) is 1. The third kappa shape index (κ3) is 2.70. The van der Waals surface area contributed by atoms with Crippen LogP contribution < -0.4 is 5.73 Å². The minimum Gasteiger partial charge on any atom is -0.424 e. The van der Waals surface area contributed by atoms with Gasteiger partial charge in [0, 0.05) is 13.1 Å². The third-order valence-corrected chi connectivity index (χ3v) is 4.77. The maximum atomic E-state index is 12.9. The molecule has 1 fully saturated rings. The third-order valence-electron chi connectivity index (χ3n) is 4.77. The number of rotatable bonds is 1. The topological polar surface area (TPSA) is 99.4 Å². The summed E-state index contributed by atoms with van der Waals surface area (Å²) in [5.74, 6) is 0. The first-order chi connectivity index (χ1) is 13.2. The normalized spacial score (nSPS) is 14.9. The highest BCUT2D eigenvalue weighted by atomic mass is 16.5. The number of carbonyl (C=O) groups is 1. The zero-order valence-corrected chi connectivity index (χ0v) is 14.5. The number of benzene rings is 2. The number of hydrogen-bond acceptors (Lipinski definition) is 6. The van der Waals surface area contributed by atoms with E-state index >= 15 is 0 Å². The second kappa shape index (κ2) is 6.10. The number of fused-ring (bicyclic) bond motifs is 2. The van der Waals surface area contributed by atoms with Gasteiger partial charge in [0.15, 0.2) is 5.58 Å². The van der Waals surface area contributed by atoms with E-state index in [4.69, 9.17) is 14.9 Å². The molecule has 0 saturated carbocycles. The lowest BCUT2D eigenvalue weighted by Gasteiger charge is -2.26. The van der Waals surface area contributed by atoms with Gasteiger partial charge in [0.2, 0.25) is 0 Å². The first kappa shape index (κ1) is 15.8. The highest BCUT2D eigenvalue weighted by Gasteiger charge is 2.20. The molecule has 0 aliphatic carbocycles. The van der Waals surface area contributed by atoms with Crippen molar-refractivity contribution in [2.45, 2.75) is 0 Å². The largest absolute Gasteiger partial charge is 0.424 e. The van der Waals surface area contributed by atoms with E-state index in [0.717, 1.165) is 22.2 Å². The van der Waals surface area contributed by atoms with Gasteiger partial charge in [-0.2, -0.15) is 4.98 Å². The van der Waals surface area contributed by atoms with Gasteiger partial charge in [-0.15, -0.1) is 0 Å². The fourth-order valence-electron chi connectivity index (χ4n) is 3.37. The quantitative estimate of drug-likeness (QED) is 0.558. The van der Waals surface area contributed by atoms with E-state index in [2.05, 4.69) is 9.97 Å². The highest BCUT2D eigenvalue weighted by Crippen LogP contribution is 2.28. The zero-order valence-electron chi connectivity index (χ0n) is 14.5. The summed E-state index contributed by atoms with van der Waals surface area (Å²) in [5.41, 5.74) is 10.4. The molecular weight excluding hydrogens is 346 g/mol. The lowest BCUT2D eigenvalue weighted by molar-refractivity contribution is 0.0537. The van der Waals surface area contributed by atoms with Crippen molar-refractivity contribution in [3.63, 3.8) is 0 Å². The van der Waals surface area contributed by atoms with Crippen molar-refractivity contribution in [2.75, 3.05) is 32.0 Å². The molecule has 0 bridgehead atoms. The van der Waals surface area contributed by atoms with Crippen LogP contribution in [0.25, 0.3) is 33.3 Å². The number of imidazole rings is 1. The van der Waals surface area contributed by atoms with E-state index in [-0.39, 0.29) is 12.0 Å². The summed E-state index contributed by atoms with van der Waals surface area (Å²) in [6, 6.07) is 11.6. The second-order valence-electron chi connectivity index (χ2n) is 6.43. The molecule has 2 aromatic carbocycles. The average molecular weight is 363 g/mol. The number of carbonyl (C=O) groups excluding carboxylic acids is 1. The summed E-state index contributed by atoms with van der Waals surface area (Å²) in [7, 11) is 0. The van der Waals surface area contributed by atoms with Crippen molar-refractivity contribution in [2.24, 2.45) is 0 Å². The van der Waals surface area contributed by atoms with Gasteiger partial charge in [-0.05, 0) is 35.4 Å². The number of aromatic nitrogens is 3. The SMILES string of the molecule is Nc1nc2cc(-c3ccc4ncn(C(=O)N5CCOCC5)c4c3)ccc2o1. The fraction of sp³-hybridized carbons (Fsp3) is 0.211. The number of anilines is 1.